The van der Waals surface area contributed by atoms with Gasteiger partial charge in [0.05, 0.1) is 16.0 Å². The quantitative estimate of drug-likeness (QED) is 0.241. The second-order valence-electron chi connectivity index (χ2n) is 4.77. The molecule has 0 aromatic heterocycles. The Hall–Kier alpha value is -0.160. The number of nitrogens with one attached hydrogen (secondary N) is 3. The predicted octanol–water partition coefficient (Wildman–Crippen LogP) is 0.852. The molecule has 8 nitrogen and oxygen atoms in total. The van der Waals surface area contributed by atoms with Crippen molar-refractivity contribution in [2.75, 3.05) is 19.5 Å². The van der Waals surface area contributed by atoms with Gasteiger partial charge >= 0.3 is 5.97 Å². The molecule has 2 unspecified atom stereocenters. The van der Waals surface area contributed by atoms with E-state index in [1.54, 1.807) is 22.6 Å². The Morgan fingerprint density at radius 1 is 1.28 bits per heavy atom. The number of rotatable bonds is 6. The van der Waals surface area contributed by atoms with E-state index in [1.807, 2.05) is 45.2 Å². The van der Waals surface area contributed by atoms with Crippen LogP contribution in [0.25, 0.3) is 0 Å². The maximum atomic E-state index is 12.9. The van der Waals surface area contributed by atoms with Crippen LogP contribution < -0.4 is 16.0 Å². The standard InChI is InChI=1S/C13H13ClI3N3O5/c1-18-8(22)4-19-12(25)13(20-7(21)3-14)6(16)2-5(15)9(10(13)17)11(23)24/h2,10H,3-4H2,1H3,(H,18,22)(H,19,25)(H,20,21)(H,23,24). The summed E-state index contributed by atoms with van der Waals surface area (Å²) in [5.74, 6) is -3.37. The molecule has 3 amide bonds. The third-order valence-corrected chi connectivity index (χ3v) is 7.11. The molecule has 0 fully saturated rings. The number of carbonyl (C=O) groups is 4. The van der Waals surface area contributed by atoms with Gasteiger partial charge in [0.2, 0.25) is 11.8 Å². The smallest absolute Gasteiger partial charge is 0.333 e. The lowest BCUT2D eigenvalue weighted by molar-refractivity contribution is -0.134. The van der Waals surface area contributed by atoms with Crippen LogP contribution in [0.3, 0.4) is 0 Å². The summed E-state index contributed by atoms with van der Waals surface area (Å²) in [4.78, 5) is 47.8. The van der Waals surface area contributed by atoms with E-state index >= 15 is 0 Å². The molecule has 1 rings (SSSR count). The number of likely N-dealkylation sites (N-methyl/N-ethyl adjacent to an activating group) is 1. The van der Waals surface area contributed by atoms with Crippen molar-refractivity contribution in [3.8, 4) is 0 Å². The van der Waals surface area contributed by atoms with Crippen LogP contribution in [-0.2, 0) is 19.2 Å². The molecule has 12 heteroatoms. The Labute approximate surface area is 189 Å². The number of carboxylic acid groups (broad SMARTS) is 1. The molecule has 0 spiro atoms. The first-order chi connectivity index (χ1) is 11.6. The summed E-state index contributed by atoms with van der Waals surface area (Å²) < 4.78 is -0.0567. The van der Waals surface area contributed by atoms with Gasteiger partial charge in [-0.2, -0.15) is 0 Å². The largest absolute Gasteiger partial charge is 0.478 e. The van der Waals surface area contributed by atoms with E-state index < -0.39 is 39.0 Å². The van der Waals surface area contributed by atoms with Gasteiger partial charge in [-0.1, -0.05) is 22.6 Å². The minimum Gasteiger partial charge on any atom is -0.478 e. The van der Waals surface area contributed by atoms with Gasteiger partial charge in [-0.05, 0) is 51.3 Å². The van der Waals surface area contributed by atoms with Crippen LogP contribution in [0, 0.1) is 0 Å². The first kappa shape index (κ1) is 22.9. The number of alkyl halides is 2. The number of amides is 3. The zero-order valence-electron chi connectivity index (χ0n) is 12.7. The lowest BCUT2D eigenvalue weighted by Gasteiger charge is -2.40. The van der Waals surface area contributed by atoms with Crippen molar-refractivity contribution in [3.63, 3.8) is 0 Å². The lowest BCUT2D eigenvalue weighted by Crippen LogP contribution is -2.66. The molecule has 0 saturated heterocycles. The van der Waals surface area contributed by atoms with Gasteiger partial charge in [-0.25, -0.2) is 4.79 Å². The van der Waals surface area contributed by atoms with Gasteiger partial charge in [-0.15, -0.1) is 11.6 Å². The first-order valence-corrected chi connectivity index (χ1v) is 10.6. The number of allylic oxidation sites excluding steroid dienone is 2. The Morgan fingerprint density at radius 3 is 2.36 bits per heavy atom. The second kappa shape index (κ2) is 9.68. The highest BCUT2D eigenvalue weighted by Crippen LogP contribution is 2.43. The summed E-state index contributed by atoms with van der Waals surface area (Å²) in [7, 11) is 1.42. The summed E-state index contributed by atoms with van der Waals surface area (Å²) >= 11 is 11.1. The van der Waals surface area contributed by atoms with E-state index in [9.17, 15) is 24.3 Å². The third-order valence-electron chi connectivity index (χ3n) is 3.26. The van der Waals surface area contributed by atoms with Crippen LogP contribution in [0.1, 0.15) is 0 Å². The van der Waals surface area contributed by atoms with Crippen molar-refractivity contribution in [2.24, 2.45) is 0 Å². The highest BCUT2D eigenvalue weighted by molar-refractivity contribution is 14.1. The fourth-order valence-electron chi connectivity index (χ4n) is 2.02. The Morgan fingerprint density at radius 2 is 1.88 bits per heavy atom. The molecule has 0 heterocycles. The minimum absolute atomic E-state index is 0.0217. The van der Waals surface area contributed by atoms with Crippen LogP contribution >= 0.6 is 79.4 Å². The first-order valence-electron chi connectivity index (χ1n) is 6.62. The van der Waals surface area contributed by atoms with Crippen molar-refractivity contribution >= 4 is 103 Å². The van der Waals surface area contributed by atoms with Crippen LogP contribution in [-0.4, -0.2) is 57.7 Å². The molecule has 4 N–H and O–H groups in total. The van der Waals surface area contributed by atoms with Crippen molar-refractivity contribution in [1.82, 2.24) is 16.0 Å². The molecule has 0 aliphatic heterocycles. The summed E-state index contributed by atoms with van der Waals surface area (Å²) in [6, 6.07) is 0. The van der Waals surface area contributed by atoms with E-state index in [2.05, 4.69) is 16.0 Å². The number of carbonyl (C=O) groups excluding carboxylic acids is 3. The molecule has 0 bridgehead atoms. The average Bonchev–Trinajstić information content (AvgIpc) is 2.55. The molecule has 0 saturated carbocycles. The fourth-order valence-corrected chi connectivity index (χ4v) is 7.10. The summed E-state index contributed by atoms with van der Waals surface area (Å²) in [6.07, 6.45) is 1.51. The third kappa shape index (κ3) is 4.97. The van der Waals surface area contributed by atoms with E-state index in [1.165, 1.54) is 13.1 Å². The van der Waals surface area contributed by atoms with Crippen molar-refractivity contribution in [1.29, 1.82) is 0 Å². The molecular weight excluding hydrogens is 694 g/mol. The van der Waals surface area contributed by atoms with Gasteiger partial charge in [-0.3, -0.25) is 14.4 Å². The van der Waals surface area contributed by atoms with E-state index in [-0.39, 0.29) is 12.1 Å². The number of hydrogen-bond donors (Lipinski definition) is 4. The molecule has 138 valence electrons. The number of hydrogen-bond acceptors (Lipinski definition) is 4. The van der Waals surface area contributed by atoms with Gasteiger partial charge in [0.1, 0.15) is 5.88 Å². The summed E-state index contributed by atoms with van der Waals surface area (Å²) in [6.45, 7) is -0.315. The molecule has 0 radical (unpaired) electrons. The van der Waals surface area contributed by atoms with E-state index in [0.717, 1.165) is 0 Å². The lowest BCUT2D eigenvalue weighted by atomic mass is 9.85. The molecule has 0 aromatic rings. The highest BCUT2D eigenvalue weighted by Gasteiger charge is 2.53. The molecule has 25 heavy (non-hydrogen) atoms. The average molecular weight is 707 g/mol. The summed E-state index contributed by atoms with van der Waals surface area (Å²) in [5, 5.41) is 16.8. The molecule has 0 aromatic carbocycles. The van der Waals surface area contributed by atoms with Gasteiger partial charge in [0.15, 0.2) is 5.54 Å². The monoisotopic (exact) mass is 707 g/mol. The zero-order chi connectivity index (χ0) is 19.4. The van der Waals surface area contributed by atoms with E-state index in [0.29, 0.717) is 7.16 Å². The van der Waals surface area contributed by atoms with Crippen molar-refractivity contribution in [2.45, 2.75) is 9.46 Å². The SMILES string of the molecule is CNC(=O)CNC(=O)C1(NC(=O)CCl)C(I)=CC(I)=C(C(=O)O)C1I. The second-order valence-corrected chi connectivity index (χ2v) is 8.60. The molecule has 2 atom stereocenters. The van der Waals surface area contributed by atoms with Gasteiger partial charge in [0.25, 0.3) is 5.91 Å². The highest BCUT2D eigenvalue weighted by atomic mass is 127. The molecule has 1 aliphatic rings. The Kier molecular flexibility index (Phi) is 8.86. The Bertz CT molecular complexity index is 682. The maximum absolute atomic E-state index is 12.9. The number of halogens is 4. The minimum atomic E-state index is -1.68. The van der Waals surface area contributed by atoms with Crippen LogP contribution in [0.5, 0.6) is 0 Å². The Balaban J connectivity index is 3.39. The fraction of sp³-hybridized carbons (Fsp3) is 0.385. The van der Waals surface area contributed by atoms with Crippen LogP contribution in [0.15, 0.2) is 18.8 Å². The topological polar surface area (TPSA) is 125 Å². The zero-order valence-corrected chi connectivity index (χ0v) is 19.9. The van der Waals surface area contributed by atoms with Crippen LogP contribution in [0.2, 0.25) is 0 Å². The van der Waals surface area contributed by atoms with Gasteiger partial charge in [0, 0.05) is 14.2 Å². The number of carboxylic acids is 1. The maximum Gasteiger partial charge on any atom is 0.333 e. The molecular formula is C13H13ClI3N3O5. The van der Waals surface area contributed by atoms with Crippen molar-refractivity contribution in [3.05, 3.63) is 18.8 Å². The van der Waals surface area contributed by atoms with Gasteiger partial charge < -0.3 is 21.1 Å². The predicted molar refractivity (Wildman–Crippen MR) is 117 cm³/mol. The van der Waals surface area contributed by atoms with E-state index in [4.69, 9.17) is 11.6 Å². The number of aliphatic carboxylic acids is 1. The normalized spacial score (nSPS) is 22.8. The van der Waals surface area contributed by atoms with Crippen LogP contribution in [0.4, 0.5) is 0 Å². The van der Waals surface area contributed by atoms with Crippen molar-refractivity contribution < 1.29 is 24.3 Å². The molecule has 1 aliphatic carbocycles. The summed E-state index contributed by atoms with van der Waals surface area (Å²) in [5.41, 5.74) is -1.70.